The highest BCUT2D eigenvalue weighted by atomic mass is 32.2. The van der Waals surface area contributed by atoms with Gasteiger partial charge in [0.05, 0.1) is 0 Å². The summed E-state index contributed by atoms with van der Waals surface area (Å²) in [6, 6.07) is -1.70. The third-order valence-corrected chi connectivity index (χ3v) is 6.48. The lowest BCUT2D eigenvalue weighted by molar-refractivity contribution is -0.135. The molecular weight excluding hydrogens is 480 g/mol. The molecule has 0 saturated heterocycles. The molecule has 0 radical (unpaired) electrons. The van der Waals surface area contributed by atoms with Crippen LogP contribution in [0.4, 0.5) is 0 Å². The van der Waals surface area contributed by atoms with Crippen molar-refractivity contribution in [2.24, 2.45) is 0 Å². The molecule has 0 saturated carbocycles. The van der Waals surface area contributed by atoms with E-state index in [2.05, 4.69) is 10.6 Å². The molecule has 0 aliphatic rings. The van der Waals surface area contributed by atoms with Crippen molar-refractivity contribution in [3.05, 3.63) is 12.2 Å². The Hall–Kier alpha value is -2.34. The number of likely N-dealkylation sites (N-methyl/N-ethyl adjacent to an activating group) is 2. The fourth-order valence-electron chi connectivity index (χ4n) is 2.91. The van der Waals surface area contributed by atoms with Crippen LogP contribution in [0.2, 0.25) is 0 Å². The first-order chi connectivity index (χ1) is 16.0. The van der Waals surface area contributed by atoms with Crippen LogP contribution in [0.15, 0.2) is 12.2 Å². The van der Waals surface area contributed by atoms with Gasteiger partial charge in [0.2, 0.25) is 33.9 Å². The van der Waals surface area contributed by atoms with Crippen molar-refractivity contribution in [1.29, 1.82) is 0 Å². The van der Waals surface area contributed by atoms with E-state index in [0.29, 0.717) is 26.2 Å². The molecule has 0 aromatic heterocycles. The smallest absolute Gasteiger partial charge is 0.246 e. The van der Waals surface area contributed by atoms with Crippen molar-refractivity contribution in [2.75, 3.05) is 37.7 Å². The molecule has 2 N–H and O–H groups in total. The van der Waals surface area contributed by atoms with Crippen LogP contribution >= 0.6 is 23.5 Å². The number of hydrogen-bond acceptors (Lipinski definition) is 8. The molecule has 0 aromatic rings. The standard InChI is InChI=1S/C22H36N4O6S2/c1-7-25(8-2)21(31)17(23-15(5)27)13-33-19(29)11-12-20(30)34-14-18(24-16(6)28)22(32)26(9-3)10-4/h11-12,17-18H,7-10,13-14H2,1-6H3,(H,23,27)(H,24,28)/b12-11+/t17-,18-/m0/s1. The SMILES string of the molecule is CCN(CC)C(=O)[C@H](CSC(=O)/C=C/C(=O)SC[C@H](NC(C)=O)C(=O)N(CC)CC)NC(C)=O. The Balaban J connectivity index is 4.94. The number of carbonyl (C=O) groups is 6. The topological polar surface area (TPSA) is 133 Å². The summed E-state index contributed by atoms with van der Waals surface area (Å²) in [4.78, 5) is 75.5. The second kappa shape index (κ2) is 17.1. The minimum Gasteiger partial charge on any atom is -0.344 e. The molecule has 0 rings (SSSR count). The first-order valence-electron chi connectivity index (χ1n) is 11.1. The van der Waals surface area contributed by atoms with E-state index in [0.717, 1.165) is 35.7 Å². The second-order valence-corrected chi connectivity index (χ2v) is 9.17. The minimum atomic E-state index is -0.852. The number of thioether (sulfide) groups is 2. The van der Waals surface area contributed by atoms with Crippen molar-refractivity contribution in [2.45, 2.75) is 53.6 Å². The van der Waals surface area contributed by atoms with Gasteiger partial charge in [-0.3, -0.25) is 28.8 Å². The van der Waals surface area contributed by atoms with Crippen LogP contribution in [0.25, 0.3) is 0 Å². The van der Waals surface area contributed by atoms with Crippen LogP contribution in [0, 0.1) is 0 Å². The largest absolute Gasteiger partial charge is 0.344 e. The molecule has 0 aromatic carbocycles. The van der Waals surface area contributed by atoms with Gasteiger partial charge < -0.3 is 20.4 Å². The molecule has 0 aliphatic heterocycles. The number of rotatable bonds is 14. The highest BCUT2D eigenvalue weighted by molar-refractivity contribution is 8.14. The lowest BCUT2D eigenvalue weighted by Crippen LogP contribution is -2.49. The number of amides is 4. The van der Waals surface area contributed by atoms with Gasteiger partial charge in [-0.15, -0.1) is 0 Å². The molecule has 2 atom stereocenters. The minimum absolute atomic E-state index is 0.0302. The molecule has 192 valence electrons. The molecule has 0 bridgehead atoms. The lowest BCUT2D eigenvalue weighted by atomic mass is 10.2. The molecular formula is C22H36N4O6S2. The summed E-state index contributed by atoms with van der Waals surface area (Å²) in [7, 11) is 0. The van der Waals surface area contributed by atoms with Gasteiger partial charge in [-0.2, -0.15) is 0 Å². The summed E-state index contributed by atoms with van der Waals surface area (Å²) < 4.78 is 0. The van der Waals surface area contributed by atoms with E-state index in [1.165, 1.54) is 13.8 Å². The summed E-state index contributed by atoms with van der Waals surface area (Å²) in [6.45, 7) is 11.8. The Kier molecular flexibility index (Phi) is 16.0. The average Bonchev–Trinajstić information content (AvgIpc) is 2.78. The Morgan fingerprint density at radius 1 is 0.647 bits per heavy atom. The normalized spacial score (nSPS) is 12.5. The summed E-state index contributed by atoms with van der Waals surface area (Å²) in [5.74, 6) is -1.26. The predicted octanol–water partition coefficient (Wildman–Crippen LogP) is 0.808. The highest BCUT2D eigenvalue weighted by Crippen LogP contribution is 2.12. The highest BCUT2D eigenvalue weighted by Gasteiger charge is 2.25. The van der Waals surface area contributed by atoms with Gasteiger partial charge in [0.25, 0.3) is 0 Å². The molecule has 0 fully saturated rings. The number of nitrogens with zero attached hydrogens (tertiary/aromatic N) is 2. The van der Waals surface area contributed by atoms with E-state index in [1.54, 1.807) is 9.80 Å². The maximum atomic E-state index is 12.5. The van der Waals surface area contributed by atoms with Gasteiger partial charge in [0.1, 0.15) is 12.1 Å². The Bertz CT molecular complexity index is 704. The van der Waals surface area contributed by atoms with Gasteiger partial charge in [-0.1, -0.05) is 23.5 Å². The van der Waals surface area contributed by atoms with Crippen LogP contribution < -0.4 is 10.6 Å². The monoisotopic (exact) mass is 516 g/mol. The third kappa shape index (κ3) is 12.2. The molecule has 0 spiro atoms. The first kappa shape index (κ1) is 31.7. The summed E-state index contributed by atoms with van der Waals surface area (Å²) >= 11 is 1.63. The zero-order chi connectivity index (χ0) is 26.3. The van der Waals surface area contributed by atoms with Crippen molar-refractivity contribution in [3.63, 3.8) is 0 Å². The quantitative estimate of drug-likeness (QED) is 0.324. The van der Waals surface area contributed by atoms with Gasteiger partial charge in [-0.05, 0) is 39.8 Å². The van der Waals surface area contributed by atoms with E-state index in [9.17, 15) is 28.8 Å². The number of carbonyl (C=O) groups excluding carboxylic acids is 6. The first-order valence-corrected chi connectivity index (χ1v) is 13.1. The predicted molar refractivity (Wildman–Crippen MR) is 135 cm³/mol. The Morgan fingerprint density at radius 2 is 0.941 bits per heavy atom. The Labute approximate surface area is 210 Å². The molecule has 12 heteroatoms. The van der Waals surface area contributed by atoms with Gasteiger partial charge >= 0.3 is 0 Å². The average molecular weight is 517 g/mol. The van der Waals surface area contributed by atoms with E-state index < -0.39 is 22.3 Å². The van der Waals surface area contributed by atoms with E-state index in [-0.39, 0.29) is 35.1 Å². The summed E-state index contributed by atoms with van der Waals surface area (Å²) in [6.07, 6.45) is 2.18. The molecule has 0 heterocycles. The summed E-state index contributed by atoms with van der Waals surface area (Å²) in [5.41, 5.74) is 0. The molecule has 0 aliphatic carbocycles. The second-order valence-electron chi connectivity index (χ2n) is 7.12. The van der Waals surface area contributed by atoms with Crippen LogP contribution in [0.3, 0.4) is 0 Å². The molecule has 4 amide bonds. The van der Waals surface area contributed by atoms with Crippen molar-refractivity contribution in [3.8, 4) is 0 Å². The Morgan fingerprint density at radius 3 is 1.18 bits per heavy atom. The molecule has 10 nitrogen and oxygen atoms in total. The van der Waals surface area contributed by atoms with Crippen molar-refractivity contribution in [1.82, 2.24) is 20.4 Å². The zero-order valence-electron chi connectivity index (χ0n) is 20.7. The van der Waals surface area contributed by atoms with E-state index >= 15 is 0 Å². The van der Waals surface area contributed by atoms with Crippen LogP contribution in [-0.4, -0.2) is 93.4 Å². The van der Waals surface area contributed by atoms with Gasteiger partial charge in [-0.25, -0.2) is 0 Å². The molecule has 34 heavy (non-hydrogen) atoms. The maximum absolute atomic E-state index is 12.5. The number of hydrogen-bond donors (Lipinski definition) is 2. The van der Waals surface area contributed by atoms with Gasteiger partial charge in [0, 0.05) is 51.5 Å². The summed E-state index contributed by atoms with van der Waals surface area (Å²) in [5, 5.41) is 4.22. The van der Waals surface area contributed by atoms with Crippen molar-refractivity contribution >= 4 is 57.4 Å². The van der Waals surface area contributed by atoms with Crippen molar-refractivity contribution < 1.29 is 28.8 Å². The van der Waals surface area contributed by atoms with Crippen LogP contribution in [-0.2, 0) is 28.8 Å². The van der Waals surface area contributed by atoms with Gasteiger partial charge in [0.15, 0.2) is 0 Å². The fraction of sp³-hybridized carbons (Fsp3) is 0.636. The number of nitrogens with one attached hydrogen (secondary N) is 2. The maximum Gasteiger partial charge on any atom is 0.246 e. The molecule has 0 unspecified atom stereocenters. The van der Waals surface area contributed by atoms with Crippen LogP contribution in [0.5, 0.6) is 0 Å². The zero-order valence-corrected chi connectivity index (χ0v) is 22.3. The van der Waals surface area contributed by atoms with E-state index in [1.807, 2.05) is 27.7 Å². The van der Waals surface area contributed by atoms with E-state index in [4.69, 9.17) is 0 Å². The fourth-order valence-corrected chi connectivity index (χ4v) is 4.36. The van der Waals surface area contributed by atoms with Crippen LogP contribution in [0.1, 0.15) is 41.5 Å². The lowest BCUT2D eigenvalue weighted by Gasteiger charge is -2.25. The third-order valence-electron chi connectivity index (χ3n) is 4.64.